The average Bonchev–Trinajstić information content (AvgIpc) is 3.18. The molecule has 2 aromatic carbocycles. The topological polar surface area (TPSA) is 78.0 Å². The number of carbonyl (C=O) groups is 1. The van der Waals surface area contributed by atoms with Crippen molar-refractivity contribution in [2.75, 3.05) is 47.1 Å². The maximum Gasteiger partial charge on any atom is 0.249 e. The number of aliphatic hydroxyl groups excluding tert-OH is 1. The van der Waals surface area contributed by atoms with Gasteiger partial charge in [0.1, 0.15) is 12.4 Å². The second-order valence-electron chi connectivity index (χ2n) is 9.03. The lowest BCUT2D eigenvalue weighted by Crippen LogP contribution is -2.66. The van der Waals surface area contributed by atoms with E-state index in [9.17, 15) is 9.90 Å². The number of amides is 1. The van der Waals surface area contributed by atoms with Crippen molar-refractivity contribution in [2.24, 2.45) is 0 Å². The molecule has 1 saturated heterocycles. The number of hydrogen-bond donors (Lipinski definition) is 2. The van der Waals surface area contributed by atoms with Crippen molar-refractivity contribution in [3.63, 3.8) is 0 Å². The number of likely N-dealkylation sites (tertiary alicyclic amines) is 1. The lowest BCUT2D eigenvalue weighted by atomic mass is 9.68. The van der Waals surface area contributed by atoms with Gasteiger partial charge in [-0.3, -0.25) is 9.69 Å². The van der Waals surface area contributed by atoms with E-state index in [4.69, 9.17) is 21.1 Å². The molecular weight excluding hydrogens is 442 g/mol. The number of aromatic amines is 1. The Morgan fingerprint density at radius 3 is 2.61 bits per heavy atom. The number of rotatable bonds is 6. The summed E-state index contributed by atoms with van der Waals surface area (Å²) in [6.07, 6.45) is 0. The molecular formula is C25H28ClN3O4. The third-order valence-electron chi connectivity index (χ3n) is 6.88. The smallest absolute Gasteiger partial charge is 0.249 e. The van der Waals surface area contributed by atoms with Crippen molar-refractivity contribution in [1.82, 2.24) is 14.8 Å². The number of nitrogens with zero attached hydrogens (tertiary/aromatic N) is 2. The molecule has 2 N–H and O–H groups in total. The van der Waals surface area contributed by atoms with Gasteiger partial charge in [0, 0.05) is 66.4 Å². The van der Waals surface area contributed by atoms with Crippen molar-refractivity contribution in [2.45, 2.75) is 18.0 Å². The zero-order valence-electron chi connectivity index (χ0n) is 18.8. The van der Waals surface area contributed by atoms with Gasteiger partial charge in [-0.2, -0.15) is 0 Å². The SMILES string of the molecule is COCC(=O)N1CC2(CN(Cc3ccc(Cl)cc3)C2)c2c([nH]c3cc(OC)ccc23)[C@H]1CO. The van der Waals surface area contributed by atoms with E-state index in [2.05, 4.69) is 16.0 Å². The first-order valence-corrected chi connectivity index (χ1v) is 11.4. The summed E-state index contributed by atoms with van der Waals surface area (Å²) in [7, 11) is 3.16. The van der Waals surface area contributed by atoms with E-state index in [1.54, 1.807) is 12.0 Å². The Balaban J connectivity index is 1.53. The van der Waals surface area contributed by atoms with Crippen LogP contribution in [0.3, 0.4) is 0 Å². The predicted octanol–water partition coefficient (Wildman–Crippen LogP) is 3.11. The molecule has 1 atom stereocenters. The molecule has 1 spiro atoms. The standard InChI is InChI=1S/C25H28ClN3O4/c1-32-12-22(31)29-15-25(13-28(14-25)10-16-3-5-17(26)6-4-16)23-19-8-7-18(33-2)9-20(19)27-24(23)21(29)11-30/h3-9,21,27,30H,10-15H2,1-2H3/t21-/m1/s1. The minimum Gasteiger partial charge on any atom is -0.497 e. The first-order valence-electron chi connectivity index (χ1n) is 11.0. The molecule has 0 radical (unpaired) electrons. The molecule has 1 amide bonds. The Hall–Kier alpha value is -2.58. The van der Waals surface area contributed by atoms with Crippen molar-refractivity contribution >= 4 is 28.4 Å². The quantitative estimate of drug-likeness (QED) is 0.580. The molecule has 3 heterocycles. The van der Waals surface area contributed by atoms with Gasteiger partial charge in [0.05, 0.1) is 19.8 Å². The number of ether oxygens (including phenoxy) is 2. The van der Waals surface area contributed by atoms with Gasteiger partial charge in [-0.1, -0.05) is 23.7 Å². The Kier molecular flexibility index (Phi) is 5.82. The molecule has 0 aliphatic carbocycles. The fourth-order valence-electron chi connectivity index (χ4n) is 5.50. The maximum atomic E-state index is 13.0. The summed E-state index contributed by atoms with van der Waals surface area (Å²) in [5, 5.41) is 12.1. The van der Waals surface area contributed by atoms with Gasteiger partial charge in [0.2, 0.25) is 5.91 Å². The van der Waals surface area contributed by atoms with Crippen LogP contribution in [0, 0.1) is 0 Å². The largest absolute Gasteiger partial charge is 0.497 e. The number of hydrogen-bond acceptors (Lipinski definition) is 5. The highest BCUT2D eigenvalue weighted by atomic mass is 35.5. The number of H-pyrrole nitrogens is 1. The van der Waals surface area contributed by atoms with Crippen molar-refractivity contribution in [1.29, 1.82) is 0 Å². The van der Waals surface area contributed by atoms with Gasteiger partial charge < -0.3 is 24.5 Å². The minimum atomic E-state index is -0.433. The number of benzene rings is 2. The molecule has 8 heteroatoms. The summed E-state index contributed by atoms with van der Waals surface area (Å²) in [4.78, 5) is 20.6. The second-order valence-corrected chi connectivity index (χ2v) is 9.47. The monoisotopic (exact) mass is 469 g/mol. The Bertz CT molecular complexity index is 1170. The first-order chi connectivity index (χ1) is 16.0. The van der Waals surface area contributed by atoms with E-state index >= 15 is 0 Å². The molecule has 3 aromatic rings. The van der Waals surface area contributed by atoms with Crippen molar-refractivity contribution in [3.05, 3.63) is 64.3 Å². The van der Waals surface area contributed by atoms with Gasteiger partial charge in [0.15, 0.2) is 0 Å². The van der Waals surface area contributed by atoms with Gasteiger partial charge >= 0.3 is 0 Å². The zero-order chi connectivity index (χ0) is 23.2. The molecule has 0 unspecified atom stereocenters. The van der Waals surface area contributed by atoms with Crippen LogP contribution in [0.4, 0.5) is 0 Å². The van der Waals surface area contributed by atoms with E-state index in [-0.39, 0.29) is 24.5 Å². The fourth-order valence-corrected chi connectivity index (χ4v) is 5.63. The summed E-state index contributed by atoms with van der Waals surface area (Å²) in [5.74, 6) is 0.648. The zero-order valence-corrected chi connectivity index (χ0v) is 19.6. The van der Waals surface area contributed by atoms with Crippen LogP contribution in [-0.2, 0) is 21.5 Å². The molecule has 5 rings (SSSR count). The molecule has 1 fully saturated rings. The number of aliphatic hydroxyl groups is 1. The van der Waals surface area contributed by atoms with Gasteiger partial charge in [0.25, 0.3) is 0 Å². The van der Waals surface area contributed by atoms with Crippen LogP contribution < -0.4 is 4.74 Å². The number of carbonyl (C=O) groups excluding carboxylic acids is 1. The highest BCUT2D eigenvalue weighted by Crippen LogP contribution is 2.48. The molecule has 174 valence electrons. The van der Waals surface area contributed by atoms with Crippen LogP contribution >= 0.6 is 11.6 Å². The second kappa shape index (κ2) is 8.65. The minimum absolute atomic E-state index is 0.00947. The van der Waals surface area contributed by atoms with Crippen LogP contribution in [0.5, 0.6) is 5.75 Å². The normalized spacial score (nSPS) is 19.5. The predicted molar refractivity (Wildman–Crippen MR) is 127 cm³/mol. The average molecular weight is 470 g/mol. The van der Waals surface area contributed by atoms with Gasteiger partial charge in [-0.05, 0) is 35.4 Å². The Labute approximate surface area is 197 Å². The summed E-state index contributed by atoms with van der Waals surface area (Å²) >= 11 is 6.04. The van der Waals surface area contributed by atoms with Crippen molar-refractivity contribution < 1.29 is 19.4 Å². The molecule has 2 aliphatic rings. The third kappa shape index (κ3) is 3.79. The first kappa shape index (κ1) is 22.2. The van der Waals surface area contributed by atoms with Crippen LogP contribution in [0.2, 0.25) is 5.02 Å². The highest BCUT2D eigenvalue weighted by Gasteiger charge is 2.53. The lowest BCUT2D eigenvalue weighted by Gasteiger charge is -2.56. The molecule has 33 heavy (non-hydrogen) atoms. The van der Waals surface area contributed by atoms with E-state index in [1.807, 2.05) is 36.4 Å². The summed E-state index contributed by atoms with van der Waals surface area (Å²) in [6, 6.07) is 13.5. The molecule has 2 aliphatic heterocycles. The fraction of sp³-hybridized carbons (Fsp3) is 0.400. The maximum absolute atomic E-state index is 13.0. The summed E-state index contributed by atoms with van der Waals surface area (Å²) in [6.45, 7) is 2.83. The Morgan fingerprint density at radius 1 is 1.18 bits per heavy atom. The highest BCUT2D eigenvalue weighted by molar-refractivity contribution is 6.30. The molecule has 0 saturated carbocycles. The van der Waals surface area contributed by atoms with Gasteiger partial charge in [-0.25, -0.2) is 0 Å². The van der Waals surface area contributed by atoms with Crippen LogP contribution in [0.25, 0.3) is 10.9 Å². The van der Waals surface area contributed by atoms with Crippen LogP contribution in [0.15, 0.2) is 42.5 Å². The number of methoxy groups -OCH3 is 2. The molecule has 7 nitrogen and oxygen atoms in total. The van der Waals surface area contributed by atoms with E-state index in [0.29, 0.717) is 6.54 Å². The summed E-state index contributed by atoms with van der Waals surface area (Å²) in [5.41, 5.74) is 4.04. The molecule has 1 aromatic heterocycles. The third-order valence-corrected chi connectivity index (χ3v) is 7.13. The number of halogens is 1. The van der Waals surface area contributed by atoms with Crippen LogP contribution in [0.1, 0.15) is 22.9 Å². The summed E-state index contributed by atoms with van der Waals surface area (Å²) < 4.78 is 10.6. The van der Waals surface area contributed by atoms with E-state index < -0.39 is 6.04 Å². The number of fused-ring (bicyclic) bond motifs is 4. The number of aromatic nitrogens is 1. The van der Waals surface area contributed by atoms with E-state index in [1.165, 1.54) is 18.2 Å². The van der Waals surface area contributed by atoms with Gasteiger partial charge in [-0.15, -0.1) is 0 Å². The van der Waals surface area contributed by atoms with E-state index in [0.717, 1.165) is 47.0 Å². The molecule has 0 bridgehead atoms. The Morgan fingerprint density at radius 2 is 1.94 bits per heavy atom. The van der Waals surface area contributed by atoms with Crippen LogP contribution in [-0.4, -0.2) is 72.9 Å². The lowest BCUT2D eigenvalue weighted by molar-refractivity contribution is -0.143. The van der Waals surface area contributed by atoms with Crippen molar-refractivity contribution in [3.8, 4) is 5.75 Å². The number of nitrogens with one attached hydrogen (secondary N) is 1.